The Hall–Kier alpha value is -1.85. The van der Waals surface area contributed by atoms with Crippen LogP contribution in [0.25, 0.3) is 10.9 Å². The van der Waals surface area contributed by atoms with Crippen LogP contribution in [0.4, 0.5) is 0 Å². The highest BCUT2D eigenvalue weighted by Crippen LogP contribution is 2.39. The third-order valence-corrected chi connectivity index (χ3v) is 5.55. The molecule has 1 aromatic carbocycles. The van der Waals surface area contributed by atoms with Crippen molar-refractivity contribution in [3.8, 4) is 0 Å². The van der Waals surface area contributed by atoms with Gasteiger partial charge in [0.2, 0.25) is 5.91 Å². The van der Waals surface area contributed by atoms with E-state index in [1.54, 1.807) is 0 Å². The molecule has 5 heteroatoms. The summed E-state index contributed by atoms with van der Waals surface area (Å²) in [7, 11) is 3.89. The number of likely N-dealkylation sites (N-methyl/N-ethyl adjacent to an activating group) is 1. The van der Waals surface area contributed by atoms with Crippen molar-refractivity contribution in [2.45, 2.75) is 24.8 Å². The summed E-state index contributed by atoms with van der Waals surface area (Å²) in [5.41, 5.74) is 4.06. The number of aromatic nitrogens is 1. The minimum absolute atomic E-state index is 0.00149. The van der Waals surface area contributed by atoms with E-state index in [0.29, 0.717) is 6.54 Å². The summed E-state index contributed by atoms with van der Waals surface area (Å²) in [6, 6.07) is 8.59. The van der Waals surface area contributed by atoms with E-state index in [2.05, 4.69) is 34.6 Å². The lowest BCUT2D eigenvalue weighted by atomic mass is 9.79. The number of para-hydroxylation sites is 1. The molecule has 5 nitrogen and oxygen atoms in total. The predicted octanol–water partition coefficient (Wildman–Crippen LogP) is 1.69. The number of piperidine rings is 1. The van der Waals surface area contributed by atoms with Crippen LogP contribution < -0.4 is 5.32 Å². The van der Waals surface area contributed by atoms with E-state index in [9.17, 15) is 4.79 Å². The highest BCUT2D eigenvalue weighted by molar-refractivity contribution is 5.85. The molecule has 2 aliphatic rings. The van der Waals surface area contributed by atoms with Crippen LogP contribution in [0, 0.1) is 0 Å². The zero-order chi connectivity index (χ0) is 16.7. The molecule has 1 saturated heterocycles. The molecule has 2 aromatic rings. The molecule has 128 valence electrons. The normalized spacial score (nSPS) is 19.9. The highest BCUT2D eigenvalue weighted by Gasteiger charge is 2.41. The van der Waals surface area contributed by atoms with Gasteiger partial charge in [0.25, 0.3) is 0 Å². The molecule has 0 aliphatic carbocycles. The van der Waals surface area contributed by atoms with E-state index >= 15 is 0 Å². The maximum absolute atomic E-state index is 12.3. The van der Waals surface area contributed by atoms with Gasteiger partial charge in [-0.3, -0.25) is 4.79 Å². The number of nitrogens with zero attached hydrogens (tertiary/aromatic N) is 2. The summed E-state index contributed by atoms with van der Waals surface area (Å²) in [5.74, 6) is 0.238. The van der Waals surface area contributed by atoms with Gasteiger partial charge >= 0.3 is 0 Å². The number of carbonyl (C=O) groups excluding carboxylic acids is 1. The number of nitrogens with one attached hydrogen (secondary N) is 2. The van der Waals surface area contributed by atoms with Crippen molar-refractivity contribution in [2.24, 2.45) is 0 Å². The number of likely N-dealkylation sites (tertiary alicyclic amines) is 1. The molecule has 0 radical (unpaired) electrons. The summed E-state index contributed by atoms with van der Waals surface area (Å²) in [5, 5.41) is 5.13. The topological polar surface area (TPSA) is 51.4 Å². The van der Waals surface area contributed by atoms with Gasteiger partial charge in [-0.05, 0) is 45.0 Å². The number of carbonyl (C=O) groups is 1. The van der Waals surface area contributed by atoms with Crippen LogP contribution in [-0.4, -0.2) is 61.0 Å². The molecule has 0 atom stereocenters. The Labute approximate surface area is 143 Å². The number of hydrogen-bond donors (Lipinski definition) is 2. The molecular weight excluding hydrogens is 300 g/mol. The van der Waals surface area contributed by atoms with Crippen molar-refractivity contribution in [1.82, 2.24) is 20.1 Å². The second kappa shape index (κ2) is 5.90. The first-order valence-corrected chi connectivity index (χ1v) is 8.87. The molecule has 2 aliphatic heterocycles. The van der Waals surface area contributed by atoms with Crippen molar-refractivity contribution in [2.75, 3.05) is 40.3 Å². The predicted molar refractivity (Wildman–Crippen MR) is 96.1 cm³/mol. The van der Waals surface area contributed by atoms with Crippen LogP contribution in [0.15, 0.2) is 24.3 Å². The quantitative estimate of drug-likeness (QED) is 0.883. The molecule has 3 heterocycles. The number of rotatable bonds is 2. The molecule has 1 fully saturated rings. The van der Waals surface area contributed by atoms with E-state index in [4.69, 9.17) is 0 Å². The summed E-state index contributed by atoms with van der Waals surface area (Å²) in [6.45, 7) is 3.17. The van der Waals surface area contributed by atoms with Gasteiger partial charge in [0, 0.05) is 36.2 Å². The monoisotopic (exact) mass is 326 g/mol. The van der Waals surface area contributed by atoms with Crippen molar-refractivity contribution >= 4 is 16.8 Å². The smallest absolute Gasteiger partial charge is 0.236 e. The fraction of sp³-hybridized carbons (Fsp3) is 0.526. The number of fused-ring (bicyclic) bond motifs is 4. The van der Waals surface area contributed by atoms with Gasteiger partial charge in [0.05, 0.1) is 12.1 Å². The molecule has 4 rings (SSSR count). The first-order chi connectivity index (χ1) is 11.6. The Morgan fingerprint density at radius 3 is 2.75 bits per heavy atom. The van der Waals surface area contributed by atoms with Crippen LogP contribution in [0.5, 0.6) is 0 Å². The maximum Gasteiger partial charge on any atom is 0.236 e. The second-order valence-electron chi connectivity index (χ2n) is 7.40. The lowest BCUT2D eigenvalue weighted by Gasteiger charge is -2.45. The van der Waals surface area contributed by atoms with Gasteiger partial charge in [0.1, 0.15) is 0 Å². The lowest BCUT2D eigenvalue weighted by Crippen LogP contribution is -2.55. The number of aromatic amines is 1. The highest BCUT2D eigenvalue weighted by atomic mass is 16.2. The van der Waals surface area contributed by atoms with Gasteiger partial charge in [-0.25, -0.2) is 0 Å². The Balaban J connectivity index is 1.59. The standard InChI is InChI=1S/C19H26N4O/c1-22(2)13-17(24)23-11-8-19(9-12-23)18-15(7-10-20-19)14-5-3-4-6-16(14)21-18/h3-6,20-21H,7-13H2,1-2H3. The van der Waals surface area contributed by atoms with Gasteiger partial charge in [-0.15, -0.1) is 0 Å². The number of H-pyrrole nitrogens is 1. The van der Waals surface area contributed by atoms with E-state index in [1.165, 1.54) is 22.2 Å². The SMILES string of the molecule is CN(C)CC(=O)N1CCC2(CC1)NCCc1c2[nH]c2ccccc12. The van der Waals surface area contributed by atoms with Crippen molar-refractivity contribution in [1.29, 1.82) is 0 Å². The van der Waals surface area contributed by atoms with Crippen LogP contribution in [-0.2, 0) is 16.8 Å². The Morgan fingerprint density at radius 2 is 2.00 bits per heavy atom. The van der Waals surface area contributed by atoms with Gasteiger partial charge in [0.15, 0.2) is 0 Å². The minimum Gasteiger partial charge on any atom is -0.357 e. The molecular formula is C19H26N4O. The Morgan fingerprint density at radius 1 is 1.25 bits per heavy atom. The molecule has 2 N–H and O–H groups in total. The number of amides is 1. The van der Waals surface area contributed by atoms with Crippen LogP contribution in [0.2, 0.25) is 0 Å². The zero-order valence-electron chi connectivity index (χ0n) is 14.6. The number of benzene rings is 1. The maximum atomic E-state index is 12.3. The van der Waals surface area contributed by atoms with E-state index < -0.39 is 0 Å². The van der Waals surface area contributed by atoms with Crippen LogP contribution in [0.3, 0.4) is 0 Å². The molecule has 1 aromatic heterocycles. The molecule has 0 bridgehead atoms. The Kier molecular flexibility index (Phi) is 3.85. The summed E-state index contributed by atoms with van der Waals surface area (Å²) in [4.78, 5) is 20.0. The molecule has 1 spiro atoms. The zero-order valence-corrected chi connectivity index (χ0v) is 14.6. The molecule has 1 amide bonds. The molecule has 0 unspecified atom stereocenters. The third kappa shape index (κ3) is 2.52. The first-order valence-electron chi connectivity index (χ1n) is 8.87. The molecule has 24 heavy (non-hydrogen) atoms. The van der Waals surface area contributed by atoms with E-state index in [1.807, 2.05) is 23.9 Å². The van der Waals surface area contributed by atoms with Crippen molar-refractivity contribution in [3.63, 3.8) is 0 Å². The van der Waals surface area contributed by atoms with Crippen molar-refractivity contribution < 1.29 is 4.79 Å². The molecule has 0 saturated carbocycles. The average molecular weight is 326 g/mol. The third-order valence-electron chi connectivity index (χ3n) is 5.55. The number of hydrogen-bond acceptors (Lipinski definition) is 3. The largest absolute Gasteiger partial charge is 0.357 e. The van der Waals surface area contributed by atoms with Crippen LogP contribution in [0.1, 0.15) is 24.1 Å². The Bertz CT molecular complexity index is 756. The summed E-state index contributed by atoms with van der Waals surface area (Å²) in [6.07, 6.45) is 3.03. The fourth-order valence-corrected chi connectivity index (χ4v) is 4.32. The van der Waals surface area contributed by atoms with Gasteiger partial charge in [-0.1, -0.05) is 18.2 Å². The van der Waals surface area contributed by atoms with E-state index in [0.717, 1.165) is 38.9 Å². The van der Waals surface area contributed by atoms with Gasteiger partial charge < -0.3 is 20.1 Å². The fourth-order valence-electron chi connectivity index (χ4n) is 4.32. The van der Waals surface area contributed by atoms with Crippen LogP contribution >= 0.6 is 0 Å². The lowest BCUT2D eigenvalue weighted by molar-refractivity contribution is -0.133. The first kappa shape index (κ1) is 15.7. The summed E-state index contributed by atoms with van der Waals surface area (Å²) < 4.78 is 0. The average Bonchev–Trinajstić information content (AvgIpc) is 2.96. The second-order valence-corrected chi connectivity index (χ2v) is 7.40. The summed E-state index contributed by atoms with van der Waals surface area (Å²) >= 11 is 0. The van der Waals surface area contributed by atoms with Gasteiger partial charge in [-0.2, -0.15) is 0 Å². The van der Waals surface area contributed by atoms with Crippen molar-refractivity contribution in [3.05, 3.63) is 35.5 Å². The van der Waals surface area contributed by atoms with E-state index in [-0.39, 0.29) is 11.4 Å². The minimum atomic E-state index is 0.00149.